The molecule has 1 saturated heterocycles. The summed E-state index contributed by atoms with van der Waals surface area (Å²) in [7, 11) is 0. The van der Waals surface area contributed by atoms with Gasteiger partial charge in [-0.05, 0) is 37.1 Å². The Labute approximate surface area is 160 Å². The summed E-state index contributed by atoms with van der Waals surface area (Å²) in [6.07, 6.45) is 0. The smallest absolute Gasteiger partial charge is 0.318 e. The molecule has 0 bridgehead atoms. The topological polar surface area (TPSA) is 35.6 Å². The molecule has 0 aliphatic carbocycles. The second kappa shape index (κ2) is 8.11. The first-order chi connectivity index (χ1) is 12.4. The Hall–Kier alpha value is -2.04. The third-order valence-corrected chi connectivity index (χ3v) is 5.15. The number of piperazine rings is 1. The predicted octanol–water partition coefficient (Wildman–Crippen LogP) is 4.10. The van der Waals surface area contributed by atoms with Gasteiger partial charge in [-0.25, -0.2) is 4.79 Å². The van der Waals surface area contributed by atoms with Crippen LogP contribution < -0.4 is 5.32 Å². The van der Waals surface area contributed by atoms with Crippen LogP contribution in [0.5, 0.6) is 0 Å². The van der Waals surface area contributed by atoms with Gasteiger partial charge in [0, 0.05) is 37.7 Å². The Balaban J connectivity index is 1.52. The van der Waals surface area contributed by atoms with Crippen LogP contribution in [0.4, 0.5) is 4.79 Å². The van der Waals surface area contributed by atoms with Crippen LogP contribution in [0.15, 0.2) is 54.6 Å². The lowest BCUT2D eigenvalue weighted by atomic mass is 9.94. The average molecular weight is 372 g/mol. The number of hydrogen-bond donors (Lipinski definition) is 1. The molecule has 0 unspecified atom stereocenters. The molecular formula is C21H26ClN3O. The molecule has 1 N–H and O–H groups in total. The van der Waals surface area contributed by atoms with Gasteiger partial charge in [0.25, 0.3) is 0 Å². The first-order valence-corrected chi connectivity index (χ1v) is 9.41. The molecule has 0 saturated carbocycles. The van der Waals surface area contributed by atoms with Crippen molar-refractivity contribution in [2.24, 2.45) is 0 Å². The van der Waals surface area contributed by atoms with Gasteiger partial charge in [-0.15, -0.1) is 0 Å². The maximum absolute atomic E-state index is 12.7. The second-order valence-corrected chi connectivity index (χ2v) is 7.75. The SMILES string of the molecule is CC(C)(NC(=O)N1CCN(Cc2ccccc2)CC1)c1ccc(Cl)cc1. The minimum atomic E-state index is -0.442. The molecule has 1 fully saturated rings. The zero-order valence-electron chi connectivity index (χ0n) is 15.4. The molecule has 0 radical (unpaired) electrons. The highest BCUT2D eigenvalue weighted by Gasteiger charge is 2.27. The van der Waals surface area contributed by atoms with E-state index in [0.29, 0.717) is 5.02 Å². The minimum Gasteiger partial charge on any atom is -0.329 e. The minimum absolute atomic E-state index is 0.00990. The third-order valence-electron chi connectivity index (χ3n) is 4.89. The first-order valence-electron chi connectivity index (χ1n) is 9.03. The average Bonchev–Trinajstić information content (AvgIpc) is 2.63. The van der Waals surface area contributed by atoms with Crippen LogP contribution in [0.3, 0.4) is 0 Å². The van der Waals surface area contributed by atoms with Crippen molar-refractivity contribution in [3.05, 3.63) is 70.7 Å². The maximum atomic E-state index is 12.7. The van der Waals surface area contributed by atoms with Gasteiger partial charge in [0.2, 0.25) is 0 Å². The highest BCUT2D eigenvalue weighted by atomic mass is 35.5. The van der Waals surface area contributed by atoms with Crippen LogP contribution in [0.25, 0.3) is 0 Å². The lowest BCUT2D eigenvalue weighted by Crippen LogP contribution is -2.54. The van der Waals surface area contributed by atoms with Gasteiger partial charge in [-0.1, -0.05) is 54.1 Å². The molecule has 3 rings (SSSR count). The predicted molar refractivity (Wildman–Crippen MR) is 106 cm³/mol. The van der Waals surface area contributed by atoms with Gasteiger partial charge >= 0.3 is 6.03 Å². The number of nitrogens with zero attached hydrogens (tertiary/aromatic N) is 2. The largest absolute Gasteiger partial charge is 0.329 e. The molecule has 26 heavy (non-hydrogen) atoms. The van der Waals surface area contributed by atoms with Crippen LogP contribution in [-0.4, -0.2) is 42.0 Å². The summed E-state index contributed by atoms with van der Waals surface area (Å²) >= 11 is 5.96. The Kier molecular flexibility index (Phi) is 5.84. The molecule has 0 aromatic heterocycles. The van der Waals surface area contributed by atoms with E-state index in [2.05, 4.69) is 34.5 Å². The second-order valence-electron chi connectivity index (χ2n) is 7.31. The van der Waals surface area contributed by atoms with Gasteiger partial charge in [-0.3, -0.25) is 4.90 Å². The van der Waals surface area contributed by atoms with E-state index in [4.69, 9.17) is 11.6 Å². The monoisotopic (exact) mass is 371 g/mol. The highest BCUT2D eigenvalue weighted by Crippen LogP contribution is 2.22. The number of carbonyl (C=O) groups excluding carboxylic acids is 1. The van der Waals surface area contributed by atoms with E-state index in [1.165, 1.54) is 5.56 Å². The van der Waals surface area contributed by atoms with E-state index in [1.807, 2.05) is 49.1 Å². The summed E-state index contributed by atoms with van der Waals surface area (Å²) in [4.78, 5) is 17.0. The summed E-state index contributed by atoms with van der Waals surface area (Å²) in [6.45, 7) is 8.24. The number of nitrogens with one attached hydrogen (secondary N) is 1. The van der Waals surface area contributed by atoms with E-state index in [9.17, 15) is 4.79 Å². The molecule has 2 amide bonds. The molecule has 2 aromatic rings. The Bertz CT molecular complexity index is 723. The fourth-order valence-electron chi connectivity index (χ4n) is 3.24. The maximum Gasteiger partial charge on any atom is 0.318 e. The van der Waals surface area contributed by atoms with E-state index in [1.54, 1.807) is 0 Å². The molecule has 0 atom stereocenters. The Morgan fingerprint density at radius 3 is 2.23 bits per heavy atom. The standard InChI is InChI=1S/C21H26ClN3O/c1-21(2,18-8-10-19(22)11-9-18)23-20(26)25-14-12-24(13-15-25)16-17-6-4-3-5-7-17/h3-11H,12-16H2,1-2H3,(H,23,26). The molecule has 0 spiro atoms. The molecule has 138 valence electrons. The summed E-state index contributed by atoms with van der Waals surface area (Å²) in [6, 6.07) is 18.1. The van der Waals surface area contributed by atoms with Crippen molar-refractivity contribution in [3.8, 4) is 0 Å². The van der Waals surface area contributed by atoms with Crippen molar-refractivity contribution in [1.29, 1.82) is 0 Å². The molecule has 4 nitrogen and oxygen atoms in total. The summed E-state index contributed by atoms with van der Waals surface area (Å²) < 4.78 is 0. The van der Waals surface area contributed by atoms with Crippen molar-refractivity contribution in [2.75, 3.05) is 26.2 Å². The van der Waals surface area contributed by atoms with Gasteiger partial charge in [-0.2, -0.15) is 0 Å². The molecule has 5 heteroatoms. The summed E-state index contributed by atoms with van der Waals surface area (Å²) in [5.41, 5.74) is 1.91. The molecule has 1 aliphatic rings. The van der Waals surface area contributed by atoms with Crippen molar-refractivity contribution >= 4 is 17.6 Å². The normalized spacial score (nSPS) is 15.7. The van der Waals surface area contributed by atoms with E-state index < -0.39 is 5.54 Å². The number of hydrogen-bond acceptors (Lipinski definition) is 2. The lowest BCUT2D eigenvalue weighted by molar-refractivity contribution is 0.130. The van der Waals surface area contributed by atoms with Gasteiger partial charge in [0.1, 0.15) is 0 Å². The summed E-state index contributed by atoms with van der Waals surface area (Å²) in [5.74, 6) is 0. The highest BCUT2D eigenvalue weighted by molar-refractivity contribution is 6.30. The molecular weight excluding hydrogens is 346 g/mol. The fourth-order valence-corrected chi connectivity index (χ4v) is 3.36. The Morgan fingerprint density at radius 2 is 1.62 bits per heavy atom. The number of rotatable bonds is 4. The molecule has 1 heterocycles. The van der Waals surface area contributed by atoms with Crippen LogP contribution in [0, 0.1) is 0 Å². The zero-order valence-corrected chi connectivity index (χ0v) is 16.2. The quantitative estimate of drug-likeness (QED) is 0.878. The number of urea groups is 1. The van der Waals surface area contributed by atoms with Crippen LogP contribution in [0.1, 0.15) is 25.0 Å². The van der Waals surface area contributed by atoms with Crippen LogP contribution in [0.2, 0.25) is 5.02 Å². The fraction of sp³-hybridized carbons (Fsp3) is 0.381. The summed E-state index contributed by atoms with van der Waals surface area (Å²) in [5, 5.41) is 3.85. The number of amides is 2. The van der Waals surface area contributed by atoms with E-state index in [-0.39, 0.29) is 6.03 Å². The number of carbonyl (C=O) groups is 1. The molecule has 1 aliphatic heterocycles. The first kappa shape index (κ1) is 18.7. The van der Waals surface area contributed by atoms with Crippen LogP contribution >= 0.6 is 11.6 Å². The van der Waals surface area contributed by atoms with E-state index >= 15 is 0 Å². The van der Waals surface area contributed by atoms with Crippen LogP contribution in [-0.2, 0) is 12.1 Å². The van der Waals surface area contributed by atoms with Crippen molar-refractivity contribution in [3.63, 3.8) is 0 Å². The lowest BCUT2D eigenvalue weighted by Gasteiger charge is -2.37. The van der Waals surface area contributed by atoms with Gasteiger partial charge < -0.3 is 10.2 Å². The van der Waals surface area contributed by atoms with Crippen molar-refractivity contribution in [1.82, 2.24) is 15.1 Å². The van der Waals surface area contributed by atoms with Gasteiger partial charge in [0.05, 0.1) is 5.54 Å². The third kappa shape index (κ3) is 4.77. The number of halogens is 1. The molecule has 2 aromatic carbocycles. The number of benzene rings is 2. The van der Waals surface area contributed by atoms with Crippen molar-refractivity contribution < 1.29 is 4.79 Å². The van der Waals surface area contributed by atoms with Gasteiger partial charge in [0.15, 0.2) is 0 Å². The van der Waals surface area contributed by atoms with E-state index in [0.717, 1.165) is 38.3 Å². The Morgan fingerprint density at radius 1 is 1.00 bits per heavy atom. The van der Waals surface area contributed by atoms with Crippen molar-refractivity contribution in [2.45, 2.75) is 25.9 Å². The zero-order chi connectivity index (χ0) is 18.6.